The normalized spacial score (nSPS) is 12.2. The van der Waals surface area contributed by atoms with E-state index in [0.717, 1.165) is 44.4 Å². The summed E-state index contributed by atoms with van der Waals surface area (Å²) >= 11 is 0. The van der Waals surface area contributed by atoms with E-state index in [-0.39, 0.29) is 24.4 Å². The van der Waals surface area contributed by atoms with Crippen LogP contribution in [0.15, 0.2) is 84.9 Å². The van der Waals surface area contributed by atoms with Crippen molar-refractivity contribution in [3.8, 4) is 11.5 Å². The molecule has 0 saturated carbocycles. The Labute approximate surface area is 278 Å². The van der Waals surface area contributed by atoms with Gasteiger partial charge >= 0.3 is 0 Å². The van der Waals surface area contributed by atoms with E-state index < -0.39 is 8.07 Å². The number of hydrogen-bond acceptors (Lipinski definition) is 5. The number of nitrogens with zero attached hydrogens (tertiary/aromatic N) is 1. The Hall–Kier alpha value is -3.21. The van der Waals surface area contributed by atoms with Gasteiger partial charge in [-0.2, -0.15) is 0 Å². The number of ether oxygens (including phenoxy) is 4. The predicted molar refractivity (Wildman–Crippen MR) is 193 cm³/mol. The first-order chi connectivity index (χ1) is 21.8. The van der Waals surface area contributed by atoms with Gasteiger partial charge in [0.25, 0.3) is 0 Å². The van der Waals surface area contributed by atoms with Crippen molar-refractivity contribution >= 4 is 18.7 Å². The first-order valence-electron chi connectivity index (χ1n) is 16.0. The minimum Gasteiger partial charge on any atom is -0.466 e. The monoisotopic (exact) mass is 641 g/mol. The molecule has 0 radical (unpaired) electrons. The molecule has 0 N–H and O–H groups in total. The highest BCUT2D eigenvalue weighted by atomic mass is 31.1. The van der Waals surface area contributed by atoms with E-state index in [4.69, 9.17) is 18.9 Å². The third-order valence-corrected chi connectivity index (χ3v) is 10.1. The molecule has 4 aromatic carbocycles. The number of benzene rings is 4. The quantitative estimate of drug-likeness (QED) is 0.0829. The first kappa shape index (κ1) is 35.6. The van der Waals surface area contributed by atoms with Crippen molar-refractivity contribution in [3.05, 3.63) is 118 Å². The number of aryl methyl sites for hydroxylation is 2. The molecular formula is C40H52NO4P. The highest BCUT2D eigenvalue weighted by Gasteiger charge is 2.32. The second kappa shape index (κ2) is 15.6. The molecule has 0 saturated heterocycles. The smallest absolute Gasteiger partial charge is 0.189 e. The van der Waals surface area contributed by atoms with Crippen molar-refractivity contribution in [1.82, 2.24) is 4.67 Å². The van der Waals surface area contributed by atoms with Crippen molar-refractivity contribution in [2.75, 3.05) is 27.7 Å². The molecule has 4 rings (SSSR count). The Morgan fingerprint density at radius 2 is 0.935 bits per heavy atom. The van der Waals surface area contributed by atoms with Crippen LogP contribution >= 0.6 is 8.07 Å². The second-order valence-electron chi connectivity index (χ2n) is 14.2. The maximum Gasteiger partial charge on any atom is 0.189 e. The zero-order chi connectivity index (χ0) is 33.5. The Bertz CT molecular complexity index is 1440. The van der Waals surface area contributed by atoms with Crippen molar-refractivity contribution in [2.24, 2.45) is 0 Å². The largest absolute Gasteiger partial charge is 0.466 e. The average molecular weight is 642 g/mol. The third-order valence-electron chi connectivity index (χ3n) is 7.70. The molecule has 5 nitrogen and oxygen atoms in total. The van der Waals surface area contributed by atoms with Gasteiger partial charge in [-0.05, 0) is 73.2 Å². The van der Waals surface area contributed by atoms with E-state index in [2.05, 4.69) is 123 Å². The van der Waals surface area contributed by atoms with Crippen LogP contribution in [0.1, 0.15) is 74.9 Å². The third kappa shape index (κ3) is 9.42. The molecule has 4 aromatic rings. The summed E-state index contributed by atoms with van der Waals surface area (Å²) in [5.74, 6) is 1.77. The summed E-state index contributed by atoms with van der Waals surface area (Å²) in [6.07, 6.45) is 0. The zero-order valence-electron chi connectivity index (χ0n) is 29.4. The van der Waals surface area contributed by atoms with Crippen LogP contribution in [0.2, 0.25) is 0 Å². The van der Waals surface area contributed by atoms with Crippen LogP contribution < -0.4 is 20.1 Å². The Kier molecular flexibility index (Phi) is 12.1. The lowest BCUT2D eigenvalue weighted by atomic mass is 9.85. The van der Waals surface area contributed by atoms with Crippen LogP contribution in [0.5, 0.6) is 11.5 Å². The van der Waals surface area contributed by atoms with Crippen LogP contribution in [0.4, 0.5) is 0 Å². The molecule has 0 heterocycles. The fourth-order valence-electron chi connectivity index (χ4n) is 5.47. The molecule has 0 spiro atoms. The number of hydrogen-bond donors (Lipinski definition) is 0. The molecular weight excluding hydrogens is 589 g/mol. The van der Waals surface area contributed by atoms with E-state index in [9.17, 15) is 0 Å². The minimum atomic E-state index is -1.07. The highest BCUT2D eigenvalue weighted by Crippen LogP contribution is 2.47. The van der Waals surface area contributed by atoms with E-state index in [1.807, 2.05) is 36.4 Å². The van der Waals surface area contributed by atoms with Crippen LogP contribution in [0.3, 0.4) is 0 Å². The summed E-state index contributed by atoms with van der Waals surface area (Å²) in [6.45, 7) is 19.1. The summed E-state index contributed by atoms with van der Waals surface area (Å²) in [5.41, 5.74) is 6.68. The maximum atomic E-state index is 6.64. The molecule has 0 aromatic heterocycles. The molecule has 0 fully saturated rings. The first-order valence-corrected chi connectivity index (χ1v) is 17.3. The Morgan fingerprint density at radius 3 is 1.26 bits per heavy atom. The lowest BCUT2D eigenvalue weighted by Gasteiger charge is -2.34. The van der Waals surface area contributed by atoms with Crippen LogP contribution in [-0.4, -0.2) is 32.4 Å². The molecule has 0 aliphatic carbocycles. The van der Waals surface area contributed by atoms with Gasteiger partial charge in [-0.15, -0.1) is 0 Å². The van der Waals surface area contributed by atoms with Crippen LogP contribution in [0.25, 0.3) is 0 Å². The van der Waals surface area contributed by atoms with Gasteiger partial charge in [0.1, 0.15) is 11.5 Å². The molecule has 246 valence electrons. The predicted octanol–water partition coefficient (Wildman–Crippen LogP) is 8.91. The zero-order valence-corrected chi connectivity index (χ0v) is 30.3. The summed E-state index contributed by atoms with van der Waals surface area (Å²) in [4.78, 5) is 0. The van der Waals surface area contributed by atoms with E-state index in [1.165, 1.54) is 11.1 Å². The summed E-state index contributed by atoms with van der Waals surface area (Å²) in [7, 11) is 3.23. The molecule has 0 amide bonds. The van der Waals surface area contributed by atoms with E-state index >= 15 is 0 Å². The van der Waals surface area contributed by atoms with Gasteiger partial charge in [0.15, 0.2) is 13.6 Å². The van der Waals surface area contributed by atoms with Crippen molar-refractivity contribution in [2.45, 2.75) is 79.4 Å². The van der Waals surface area contributed by atoms with Gasteiger partial charge < -0.3 is 18.9 Å². The van der Waals surface area contributed by atoms with Crippen molar-refractivity contribution in [3.63, 3.8) is 0 Å². The van der Waals surface area contributed by atoms with Crippen molar-refractivity contribution < 1.29 is 18.9 Å². The van der Waals surface area contributed by atoms with Gasteiger partial charge in [-0.3, -0.25) is 4.67 Å². The molecule has 0 atom stereocenters. The van der Waals surface area contributed by atoms with Crippen LogP contribution in [-0.2, 0) is 33.5 Å². The molecule has 0 aliphatic heterocycles. The summed E-state index contributed by atoms with van der Waals surface area (Å²) in [5, 5.41) is 2.29. The fourth-order valence-corrected chi connectivity index (χ4v) is 8.00. The Balaban J connectivity index is 1.77. The molecule has 46 heavy (non-hydrogen) atoms. The van der Waals surface area contributed by atoms with Gasteiger partial charge in [0, 0.05) is 29.8 Å². The SMILES string of the molecule is Cc1cc(P(c2cc(C)cc(C(C)(C)C)c2OCOCc2ccccc2)N(C)C)c(OCOCc2ccccc2)c(C(C)(C)C)c1. The van der Waals surface area contributed by atoms with E-state index in [0.29, 0.717) is 13.2 Å². The summed E-state index contributed by atoms with van der Waals surface area (Å²) < 4.78 is 27.7. The highest BCUT2D eigenvalue weighted by molar-refractivity contribution is 7.71. The van der Waals surface area contributed by atoms with Crippen LogP contribution in [0, 0.1) is 13.8 Å². The summed E-state index contributed by atoms with van der Waals surface area (Å²) in [6, 6.07) is 29.5. The standard InChI is InChI=1S/C40H52NO4P/c1-29-21-33(39(3,4)5)37(44-27-42-25-31-17-13-11-14-18-31)35(23-29)46(41(9)10)36-24-30(2)22-34(40(6,7)8)38(36)45-28-43-26-32-19-15-12-16-20-32/h11-24H,25-28H2,1-10H3. The topological polar surface area (TPSA) is 40.2 Å². The second-order valence-corrected chi connectivity index (χ2v) is 16.6. The van der Waals surface area contributed by atoms with Gasteiger partial charge in [-0.25, -0.2) is 0 Å². The molecule has 6 heteroatoms. The van der Waals surface area contributed by atoms with Gasteiger partial charge in [0.05, 0.1) is 13.2 Å². The van der Waals surface area contributed by atoms with Gasteiger partial charge in [0.2, 0.25) is 0 Å². The van der Waals surface area contributed by atoms with Crippen molar-refractivity contribution in [1.29, 1.82) is 0 Å². The lowest BCUT2D eigenvalue weighted by Crippen LogP contribution is -2.30. The fraction of sp³-hybridized carbons (Fsp3) is 0.400. The lowest BCUT2D eigenvalue weighted by molar-refractivity contribution is 0.00471. The average Bonchev–Trinajstić information content (AvgIpc) is 2.98. The maximum absolute atomic E-state index is 6.64. The molecule has 0 aliphatic rings. The molecule has 0 unspecified atom stereocenters. The van der Waals surface area contributed by atoms with Gasteiger partial charge in [-0.1, -0.05) is 114 Å². The minimum absolute atomic E-state index is 0.142. The van der Waals surface area contributed by atoms with E-state index in [1.54, 1.807) is 0 Å². The number of rotatable bonds is 13. The molecule has 0 bridgehead atoms. The Morgan fingerprint density at radius 1 is 0.565 bits per heavy atom.